The zero-order chi connectivity index (χ0) is 19.5. The number of methoxy groups -OCH3 is 2. The fourth-order valence-electron chi connectivity index (χ4n) is 1.98. The molecule has 0 fully saturated rings. The van der Waals surface area contributed by atoms with Crippen LogP contribution >= 0.6 is 15.9 Å². The second kappa shape index (κ2) is 7.62. The molecule has 0 bridgehead atoms. The van der Waals surface area contributed by atoms with Crippen LogP contribution < -0.4 is 18.9 Å². The molecule has 0 saturated heterocycles. The van der Waals surface area contributed by atoms with Gasteiger partial charge in [0.1, 0.15) is 16.4 Å². The number of anilines is 1. The van der Waals surface area contributed by atoms with Gasteiger partial charge in [0.2, 0.25) is 0 Å². The summed E-state index contributed by atoms with van der Waals surface area (Å²) < 4.78 is 79.2. The average molecular weight is 456 g/mol. The average Bonchev–Trinajstić information content (AvgIpc) is 2.52. The molecule has 142 valence electrons. The number of alkyl halides is 3. The van der Waals surface area contributed by atoms with E-state index >= 15 is 0 Å². The van der Waals surface area contributed by atoms with E-state index in [1.54, 1.807) is 0 Å². The molecule has 0 aliphatic carbocycles. The van der Waals surface area contributed by atoms with Crippen LogP contribution in [0.5, 0.6) is 17.2 Å². The zero-order valence-corrected chi connectivity index (χ0v) is 15.8. The molecule has 0 amide bonds. The maximum atomic E-state index is 12.6. The van der Waals surface area contributed by atoms with Gasteiger partial charge in [-0.2, -0.15) is 0 Å². The first-order valence-electron chi connectivity index (χ1n) is 6.85. The lowest BCUT2D eigenvalue weighted by Gasteiger charge is -2.15. The molecule has 2 aromatic carbocycles. The number of ether oxygens (including phenoxy) is 3. The second-order valence-corrected chi connectivity index (χ2v) is 7.41. The Hall–Kier alpha value is -2.14. The predicted molar refractivity (Wildman–Crippen MR) is 91.2 cm³/mol. The van der Waals surface area contributed by atoms with Gasteiger partial charge < -0.3 is 14.2 Å². The van der Waals surface area contributed by atoms with Crippen molar-refractivity contribution in [2.24, 2.45) is 0 Å². The van der Waals surface area contributed by atoms with Gasteiger partial charge >= 0.3 is 6.36 Å². The molecule has 2 rings (SSSR count). The van der Waals surface area contributed by atoms with Gasteiger partial charge in [0.05, 0.1) is 19.9 Å². The summed E-state index contributed by atoms with van der Waals surface area (Å²) in [5, 5.41) is 0. The third-order valence-corrected chi connectivity index (χ3v) is 4.94. The minimum absolute atomic E-state index is 0.0436. The lowest BCUT2D eigenvalue weighted by molar-refractivity contribution is -0.275. The largest absolute Gasteiger partial charge is 0.573 e. The first-order valence-corrected chi connectivity index (χ1v) is 9.13. The second-order valence-electron chi connectivity index (χ2n) is 4.85. The van der Waals surface area contributed by atoms with E-state index in [1.807, 2.05) is 0 Å². The van der Waals surface area contributed by atoms with Crippen LogP contribution in [0.15, 0.2) is 45.8 Å². The van der Waals surface area contributed by atoms with E-state index in [1.165, 1.54) is 38.5 Å². The van der Waals surface area contributed by atoms with Gasteiger partial charge in [-0.3, -0.25) is 4.72 Å². The van der Waals surface area contributed by atoms with Crippen LogP contribution in [-0.2, 0) is 10.0 Å². The summed E-state index contributed by atoms with van der Waals surface area (Å²) >= 11 is 2.98. The molecular formula is C15H13BrF3NO5S. The van der Waals surface area contributed by atoms with Crippen LogP contribution in [0.25, 0.3) is 0 Å². The van der Waals surface area contributed by atoms with Crippen molar-refractivity contribution in [1.82, 2.24) is 0 Å². The first kappa shape index (κ1) is 20.2. The summed E-state index contributed by atoms with van der Waals surface area (Å²) in [5.74, 6) is -0.275. The number of hydrogen-bond donors (Lipinski definition) is 1. The lowest BCUT2D eigenvalue weighted by atomic mass is 10.3. The Morgan fingerprint density at radius 3 is 2.08 bits per heavy atom. The van der Waals surface area contributed by atoms with Crippen molar-refractivity contribution in [3.8, 4) is 17.2 Å². The Bertz CT molecular complexity index is 880. The molecule has 6 nitrogen and oxygen atoms in total. The smallest absolute Gasteiger partial charge is 0.497 e. The quantitative estimate of drug-likeness (QED) is 0.707. The summed E-state index contributed by atoms with van der Waals surface area (Å²) in [5.41, 5.74) is 0.0436. The molecule has 0 unspecified atom stereocenters. The Kier molecular flexibility index (Phi) is 5.91. The van der Waals surface area contributed by atoms with Gasteiger partial charge in [0.25, 0.3) is 10.0 Å². The SMILES string of the molecule is COc1cc(NS(=O)(=O)c2ccc(Br)cc2OC(F)(F)F)cc(OC)c1. The minimum atomic E-state index is -5.05. The summed E-state index contributed by atoms with van der Waals surface area (Å²) in [6.45, 7) is 0. The molecule has 0 spiro atoms. The van der Waals surface area contributed by atoms with E-state index in [-0.39, 0.29) is 10.2 Å². The van der Waals surface area contributed by atoms with E-state index in [0.29, 0.717) is 11.5 Å². The van der Waals surface area contributed by atoms with Gasteiger partial charge in [-0.05, 0) is 18.2 Å². The Balaban J connectivity index is 2.45. The van der Waals surface area contributed by atoms with Crippen LogP contribution in [0.1, 0.15) is 0 Å². The molecule has 0 radical (unpaired) electrons. The maximum Gasteiger partial charge on any atom is 0.573 e. The predicted octanol–water partition coefficient (Wildman–Crippen LogP) is 4.17. The molecule has 11 heteroatoms. The molecule has 0 heterocycles. The van der Waals surface area contributed by atoms with Crippen LogP contribution in [0, 0.1) is 0 Å². The summed E-state index contributed by atoms with van der Waals surface area (Å²) in [6.07, 6.45) is -5.05. The minimum Gasteiger partial charge on any atom is -0.497 e. The first-order chi connectivity index (χ1) is 12.0. The highest BCUT2D eigenvalue weighted by Gasteiger charge is 2.34. The lowest BCUT2D eigenvalue weighted by Crippen LogP contribution is -2.21. The molecule has 0 atom stereocenters. The van der Waals surface area contributed by atoms with E-state index in [9.17, 15) is 21.6 Å². The Morgan fingerprint density at radius 1 is 1.00 bits per heavy atom. The highest BCUT2D eigenvalue weighted by Crippen LogP contribution is 2.34. The van der Waals surface area contributed by atoms with Crippen molar-refractivity contribution in [1.29, 1.82) is 0 Å². The topological polar surface area (TPSA) is 73.9 Å². The van der Waals surface area contributed by atoms with Gasteiger partial charge in [-0.1, -0.05) is 15.9 Å². The molecule has 26 heavy (non-hydrogen) atoms. The molecule has 0 aliphatic heterocycles. The van der Waals surface area contributed by atoms with Crippen molar-refractivity contribution in [3.63, 3.8) is 0 Å². The normalized spacial score (nSPS) is 11.8. The van der Waals surface area contributed by atoms with Gasteiger partial charge in [0.15, 0.2) is 5.75 Å². The number of sulfonamides is 1. The molecule has 0 aromatic heterocycles. The van der Waals surface area contributed by atoms with Crippen LogP contribution in [0.3, 0.4) is 0 Å². The Labute approximate surface area is 156 Å². The number of benzene rings is 2. The molecule has 0 saturated carbocycles. The van der Waals surface area contributed by atoms with Gasteiger partial charge in [0, 0.05) is 22.7 Å². The van der Waals surface area contributed by atoms with Crippen molar-refractivity contribution >= 4 is 31.6 Å². The summed E-state index contributed by atoms with van der Waals surface area (Å²) in [7, 11) is -1.65. The number of rotatable bonds is 6. The molecular weight excluding hydrogens is 443 g/mol. The van der Waals surface area contributed by atoms with Crippen LogP contribution in [-0.4, -0.2) is 29.0 Å². The van der Waals surface area contributed by atoms with Crippen LogP contribution in [0.4, 0.5) is 18.9 Å². The fraction of sp³-hybridized carbons (Fsp3) is 0.200. The van der Waals surface area contributed by atoms with E-state index in [4.69, 9.17) is 9.47 Å². The highest BCUT2D eigenvalue weighted by atomic mass is 79.9. The highest BCUT2D eigenvalue weighted by molar-refractivity contribution is 9.10. The fourth-order valence-corrected chi connectivity index (χ4v) is 3.48. The number of halogens is 4. The van der Waals surface area contributed by atoms with Crippen molar-refractivity contribution in [3.05, 3.63) is 40.9 Å². The van der Waals surface area contributed by atoms with E-state index in [0.717, 1.165) is 12.1 Å². The maximum absolute atomic E-state index is 12.6. The number of hydrogen-bond acceptors (Lipinski definition) is 5. The summed E-state index contributed by atoms with van der Waals surface area (Å²) in [6, 6.07) is 7.39. The number of nitrogens with one attached hydrogen (secondary N) is 1. The zero-order valence-electron chi connectivity index (χ0n) is 13.4. The van der Waals surface area contributed by atoms with E-state index < -0.39 is 27.0 Å². The van der Waals surface area contributed by atoms with Crippen molar-refractivity contribution in [2.45, 2.75) is 11.3 Å². The Morgan fingerprint density at radius 2 is 1.58 bits per heavy atom. The van der Waals surface area contributed by atoms with E-state index in [2.05, 4.69) is 25.4 Å². The van der Waals surface area contributed by atoms with Crippen LogP contribution in [0.2, 0.25) is 0 Å². The molecule has 0 aliphatic rings. The molecule has 2 aromatic rings. The monoisotopic (exact) mass is 455 g/mol. The van der Waals surface area contributed by atoms with Crippen molar-refractivity contribution in [2.75, 3.05) is 18.9 Å². The molecule has 1 N–H and O–H groups in total. The third-order valence-electron chi connectivity index (χ3n) is 3.02. The third kappa shape index (κ3) is 5.18. The van der Waals surface area contributed by atoms with Gasteiger partial charge in [-0.15, -0.1) is 13.2 Å². The standard InChI is InChI=1S/C15H13BrF3NO5S/c1-23-11-6-10(7-12(8-11)24-2)20-26(21,22)14-4-3-9(16)5-13(14)25-15(17,18)19/h3-8,20H,1-2H3. The van der Waals surface area contributed by atoms with Gasteiger partial charge in [-0.25, -0.2) is 8.42 Å². The van der Waals surface area contributed by atoms with Crippen molar-refractivity contribution < 1.29 is 35.8 Å². The summed E-state index contributed by atoms with van der Waals surface area (Å²) in [4.78, 5) is -0.681.